The first-order valence-electron chi connectivity index (χ1n) is 6.40. The van der Waals surface area contributed by atoms with Crippen LogP contribution in [0.15, 0.2) is 42.5 Å². The largest absolute Gasteiger partial charge is 0.380 e. The van der Waals surface area contributed by atoms with Crippen molar-refractivity contribution in [1.29, 1.82) is 0 Å². The van der Waals surface area contributed by atoms with Gasteiger partial charge in [0.05, 0.1) is 6.61 Å². The number of ether oxygens (including phenoxy) is 1. The molecule has 0 fully saturated rings. The third kappa shape index (κ3) is 4.46. The summed E-state index contributed by atoms with van der Waals surface area (Å²) in [6, 6.07) is 12.6. The van der Waals surface area contributed by atoms with Crippen LogP contribution in [-0.4, -0.2) is 13.0 Å². The van der Waals surface area contributed by atoms with Gasteiger partial charge in [-0.2, -0.15) is 0 Å². The first-order valence-corrected chi connectivity index (χ1v) is 7.16. The molecular formula is C16H15Cl2NO2. The van der Waals surface area contributed by atoms with Gasteiger partial charge in [-0.1, -0.05) is 47.5 Å². The topological polar surface area (TPSA) is 38.3 Å². The Hall–Kier alpha value is -1.55. The Morgan fingerprint density at radius 2 is 1.71 bits per heavy atom. The number of halogens is 2. The van der Waals surface area contributed by atoms with Crippen LogP contribution in [0.5, 0.6) is 0 Å². The van der Waals surface area contributed by atoms with E-state index in [0.29, 0.717) is 28.8 Å². The molecule has 5 heteroatoms. The number of rotatable bonds is 5. The molecule has 0 radical (unpaired) electrons. The van der Waals surface area contributed by atoms with Gasteiger partial charge < -0.3 is 10.1 Å². The summed E-state index contributed by atoms with van der Waals surface area (Å²) < 4.78 is 5.14. The molecule has 2 rings (SSSR count). The predicted octanol–water partition coefficient (Wildman–Crippen LogP) is 4.07. The van der Waals surface area contributed by atoms with E-state index in [1.165, 1.54) is 0 Å². The Kier molecular flexibility index (Phi) is 5.62. The molecule has 0 saturated carbocycles. The lowest BCUT2D eigenvalue weighted by atomic mass is 10.1. The number of amides is 1. The maximum absolute atomic E-state index is 12.1. The standard InChI is InChI=1S/C16H15Cl2NO2/c1-21-10-12-5-3-2-4-11(12)9-19-16(20)13-6-14(17)8-15(18)7-13/h2-8H,9-10H2,1H3,(H,19,20). The summed E-state index contributed by atoms with van der Waals surface area (Å²) >= 11 is 11.8. The van der Waals surface area contributed by atoms with E-state index in [1.807, 2.05) is 24.3 Å². The van der Waals surface area contributed by atoms with Gasteiger partial charge in [-0.05, 0) is 29.3 Å². The molecule has 110 valence electrons. The second-order valence-electron chi connectivity index (χ2n) is 4.54. The van der Waals surface area contributed by atoms with Crippen molar-refractivity contribution in [2.24, 2.45) is 0 Å². The van der Waals surface area contributed by atoms with Crippen molar-refractivity contribution >= 4 is 29.1 Å². The SMILES string of the molecule is COCc1ccccc1CNC(=O)c1cc(Cl)cc(Cl)c1. The number of hydrogen-bond acceptors (Lipinski definition) is 2. The molecule has 0 atom stereocenters. The number of carbonyl (C=O) groups excluding carboxylic acids is 1. The van der Waals surface area contributed by atoms with Gasteiger partial charge in [-0.25, -0.2) is 0 Å². The minimum absolute atomic E-state index is 0.216. The van der Waals surface area contributed by atoms with E-state index in [0.717, 1.165) is 11.1 Å². The summed E-state index contributed by atoms with van der Waals surface area (Å²) in [6.07, 6.45) is 0. The predicted molar refractivity (Wildman–Crippen MR) is 84.8 cm³/mol. The molecule has 0 saturated heterocycles. The molecule has 0 heterocycles. The first kappa shape index (κ1) is 15.8. The minimum Gasteiger partial charge on any atom is -0.380 e. The maximum Gasteiger partial charge on any atom is 0.251 e. The van der Waals surface area contributed by atoms with Crippen LogP contribution < -0.4 is 5.32 Å². The zero-order valence-electron chi connectivity index (χ0n) is 11.5. The van der Waals surface area contributed by atoms with Crippen LogP contribution in [0.25, 0.3) is 0 Å². The molecule has 0 aliphatic carbocycles. The van der Waals surface area contributed by atoms with Crippen molar-refractivity contribution in [1.82, 2.24) is 5.32 Å². The molecule has 3 nitrogen and oxygen atoms in total. The third-order valence-electron chi connectivity index (χ3n) is 2.98. The van der Waals surface area contributed by atoms with Crippen LogP contribution in [0, 0.1) is 0 Å². The monoisotopic (exact) mass is 323 g/mol. The van der Waals surface area contributed by atoms with E-state index in [2.05, 4.69) is 5.32 Å². The minimum atomic E-state index is -0.216. The van der Waals surface area contributed by atoms with Crippen molar-refractivity contribution in [3.05, 3.63) is 69.2 Å². The summed E-state index contributed by atoms with van der Waals surface area (Å²) in [7, 11) is 1.64. The van der Waals surface area contributed by atoms with Crippen LogP contribution in [0.2, 0.25) is 10.0 Å². The summed E-state index contributed by atoms with van der Waals surface area (Å²) in [4.78, 5) is 12.1. The lowest BCUT2D eigenvalue weighted by molar-refractivity contribution is 0.0950. The van der Waals surface area contributed by atoms with Gasteiger partial charge in [0.15, 0.2) is 0 Å². The van der Waals surface area contributed by atoms with Crippen LogP contribution in [0.4, 0.5) is 0 Å². The average molecular weight is 324 g/mol. The van der Waals surface area contributed by atoms with Gasteiger partial charge >= 0.3 is 0 Å². The summed E-state index contributed by atoms with van der Waals surface area (Å²) in [5.41, 5.74) is 2.50. The van der Waals surface area contributed by atoms with E-state index in [1.54, 1.807) is 25.3 Å². The molecule has 2 aromatic rings. The zero-order valence-corrected chi connectivity index (χ0v) is 13.0. The highest BCUT2D eigenvalue weighted by atomic mass is 35.5. The van der Waals surface area contributed by atoms with Gasteiger partial charge in [0.1, 0.15) is 0 Å². The second kappa shape index (κ2) is 7.46. The fourth-order valence-electron chi connectivity index (χ4n) is 1.99. The van der Waals surface area contributed by atoms with E-state index >= 15 is 0 Å². The molecule has 0 aliphatic heterocycles. The smallest absolute Gasteiger partial charge is 0.251 e. The van der Waals surface area contributed by atoms with Gasteiger partial charge in [0.2, 0.25) is 0 Å². The van der Waals surface area contributed by atoms with Crippen molar-refractivity contribution < 1.29 is 9.53 Å². The zero-order chi connectivity index (χ0) is 15.2. The third-order valence-corrected chi connectivity index (χ3v) is 3.42. The van der Waals surface area contributed by atoms with Crippen molar-refractivity contribution in [2.75, 3.05) is 7.11 Å². The van der Waals surface area contributed by atoms with Crippen molar-refractivity contribution in [2.45, 2.75) is 13.2 Å². The number of carbonyl (C=O) groups is 1. The van der Waals surface area contributed by atoms with Crippen LogP contribution in [0.3, 0.4) is 0 Å². The van der Waals surface area contributed by atoms with Crippen LogP contribution in [0.1, 0.15) is 21.5 Å². The number of benzene rings is 2. The molecule has 0 unspecified atom stereocenters. The van der Waals surface area contributed by atoms with E-state index in [-0.39, 0.29) is 5.91 Å². The summed E-state index contributed by atoms with van der Waals surface area (Å²) in [5, 5.41) is 3.73. The van der Waals surface area contributed by atoms with Crippen LogP contribution >= 0.6 is 23.2 Å². The highest BCUT2D eigenvalue weighted by Crippen LogP contribution is 2.19. The van der Waals surface area contributed by atoms with Gasteiger partial charge in [-0.3, -0.25) is 4.79 Å². The fourth-order valence-corrected chi connectivity index (χ4v) is 2.51. The highest BCUT2D eigenvalue weighted by Gasteiger charge is 2.09. The lowest BCUT2D eigenvalue weighted by Gasteiger charge is -2.10. The molecule has 21 heavy (non-hydrogen) atoms. The number of hydrogen-bond donors (Lipinski definition) is 1. The average Bonchev–Trinajstić information content (AvgIpc) is 2.45. The van der Waals surface area contributed by atoms with Gasteiger partial charge in [0.25, 0.3) is 5.91 Å². The van der Waals surface area contributed by atoms with Crippen molar-refractivity contribution in [3.63, 3.8) is 0 Å². The van der Waals surface area contributed by atoms with Crippen LogP contribution in [-0.2, 0) is 17.9 Å². The van der Waals surface area contributed by atoms with Crippen molar-refractivity contribution in [3.8, 4) is 0 Å². The summed E-state index contributed by atoms with van der Waals surface area (Å²) in [5.74, 6) is -0.216. The van der Waals surface area contributed by atoms with E-state index in [4.69, 9.17) is 27.9 Å². The Balaban J connectivity index is 2.07. The molecule has 0 aromatic heterocycles. The Bertz CT molecular complexity index is 624. The van der Waals surface area contributed by atoms with E-state index in [9.17, 15) is 4.79 Å². The Morgan fingerprint density at radius 1 is 1.10 bits per heavy atom. The van der Waals surface area contributed by atoms with E-state index < -0.39 is 0 Å². The normalized spacial score (nSPS) is 10.4. The number of methoxy groups -OCH3 is 1. The first-order chi connectivity index (χ1) is 10.1. The maximum atomic E-state index is 12.1. The van der Waals surface area contributed by atoms with Gasteiger partial charge in [-0.15, -0.1) is 0 Å². The quantitative estimate of drug-likeness (QED) is 0.900. The fraction of sp³-hybridized carbons (Fsp3) is 0.188. The van der Waals surface area contributed by atoms with Gasteiger partial charge in [0, 0.05) is 29.3 Å². The molecule has 2 aromatic carbocycles. The molecule has 1 N–H and O–H groups in total. The lowest BCUT2D eigenvalue weighted by Crippen LogP contribution is -2.23. The molecular weight excluding hydrogens is 309 g/mol. The molecule has 0 aliphatic rings. The second-order valence-corrected chi connectivity index (χ2v) is 5.42. The molecule has 1 amide bonds. The molecule has 0 spiro atoms. The summed E-state index contributed by atoms with van der Waals surface area (Å²) in [6.45, 7) is 0.928. The Morgan fingerprint density at radius 3 is 2.33 bits per heavy atom. The molecule has 0 bridgehead atoms. The highest BCUT2D eigenvalue weighted by molar-refractivity contribution is 6.35. The number of nitrogens with one attached hydrogen (secondary N) is 1. The Labute approximate surface area is 133 Å².